The number of nitrogens with zero attached hydrogens (tertiary/aromatic N) is 2. The minimum Gasteiger partial charge on any atom is -0.477 e. The first-order valence-corrected chi connectivity index (χ1v) is 13.5. The zero-order valence-corrected chi connectivity index (χ0v) is 19.4. The number of thiazole rings is 1. The lowest BCUT2D eigenvalue weighted by atomic mass is 10.0. The van der Waals surface area contributed by atoms with Crippen molar-refractivity contribution in [3.8, 4) is 0 Å². The van der Waals surface area contributed by atoms with E-state index in [-0.39, 0.29) is 33.7 Å². The molecular formula is C18H17N3O6S4. The zero-order chi connectivity index (χ0) is 22.3. The lowest BCUT2D eigenvalue weighted by molar-refractivity contribution is -0.150. The van der Waals surface area contributed by atoms with Gasteiger partial charge in [-0.1, -0.05) is 6.07 Å². The second kappa shape index (κ2) is 8.37. The van der Waals surface area contributed by atoms with Crippen molar-refractivity contribution >= 4 is 62.1 Å². The smallest absolute Gasteiger partial charge is 0.352 e. The average Bonchev–Trinajstić information content (AvgIpc) is 3.37. The van der Waals surface area contributed by atoms with Crippen LogP contribution in [0.1, 0.15) is 10.6 Å². The molecule has 0 bridgehead atoms. The number of sulfone groups is 1. The van der Waals surface area contributed by atoms with E-state index < -0.39 is 38.9 Å². The Morgan fingerprint density at radius 3 is 2.74 bits per heavy atom. The van der Waals surface area contributed by atoms with Crippen molar-refractivity contribution in [2.24, 2.45) is 0 Å². The lowest BCUT2D eigenvalue weighted by Gasteiger charge is -2.49. The molecule has 0 unspecified atom stereocenters. The van der Waals surface area contributed by atoms with Crippen LogP contribution in [0.5, 0.6) is 0 Å². The summed E-state index contributed by atoms with van der Waals surface area (Å²) in [6.45, 7) is 1.67. The first-order chi connectivity index (χ1) is 14.7. The van der Waals surface area contributed by atoms with Gasteiger partial charge in [0.2, 0.25) is 20.1 Å². The predicted molar refractivity (Wildman–Crippen MR) is 117 cm³/mol. The van der Waals surface area contributed by atoms with E-state index in [0.717, 1.165) is 21.1 Å². The summed E-state index contributed by atoms with van der Waals surface area (Å²) in [5, 5.41) is 15.2. The molecule has 1 fully saturated rings. The van der Waals surface area contributed by atoms with Crippen molar-refractivity contribution in [2.45, 2.75) is 29.1 Å². The van der Waals surface area contributed by atoms with Crippen molar-refractivity contribution < 1.29 is 27.9 Å². The van der Waals surface area contributed by atoms with Crippen molar-refractivity contribution in [1.29, 1.82) is 0 Å². The second-order valence-corrected chi connectivity index (χ2v) is 12.1. The summed E-state index contributed by atoms with van der Waals surface area (Å²) >= 11 is 3.64. The number of amides is 2. The number of carbonyl (C=O) groups is 3. The molecule has 2 atom stereocenters. The highest BCUT2D eigenvalue weighted by atomic mass is 32.2. The number of hydrogen-bond acceptors (Lipinski definition) is 9. The molecule has 0 spiro atoms. The van der Waals surface area contributed by atoms with Gasteiger partial charge in [-0.05, 0) is 23.9 Å². The van der Waals surface area contributed by atoms with Crippen molar-refractivity contribution in [2.75, 3.05) is 11.5 Å². The third-order valence-electron chi connectivity index (χ3n) is 4.71. The number of aromatic nitrogens is 1. The summed E-state index contributed by atoms with van der Waals surface area (Å²) in [6, 6.07) is 2.80. The molecule has 31 heavy (non-hydrogen) atoms. The third kappa shape index (κ3) is 4.27. The van der Waals surface area contributed by atoms with E-state index in [1.807, 2.05) is 17.5 Å². The molecular weight excluding hydrogens is 482 g/mol. The van der Waals surface area contributed by atoms with Crippen LogP contribution in [0.2, 0.25) is 0 Å². The molecule has 2 amide bonds. The maximum atomic E-state index is 12.7. The molecule has 2 aromatic heterocycles. The maximum absolute atomic E-state index is 12.7. The predicted octanol–water partition coefficient (Wildman–Crippen LogP) is 1.27. The third-order valence-corrected chi connectivity index (χ3v) is 10.1. The molecule has 1 saturated heterocycles. The van der Waals surface area contributed by atoms with Gasteiger partial charge in [0.25, 0.3) is 5.91 Å². The van der Waals surface area contributed by atoms with E-state index >= 15 is 0 Å². The number of carbonyl (C=O) groups excluding carboxylic acids is 2. The molecule has 2 aliphatic rings. The lowest BCUT2D eigenvalue weighted by Crippen LogP contribution is -2.70. The standard InChI is InChI=1S/C18H17N3O6S4/c1-9-6-30-18(19-9)31(26,27)8-10-7-29-16-13(15(23)21(16)14(10)17(24)25)20-12(22)5-11-3-2-4-28-11/h2-4,6,13,16H,5,7-8H2,1H3,(H,20,22)(H,24,25)/t13-,16-/m1/s1. The number of aliphatic carboxylic acids is 1. The molecule has 0 aromatic carbocycles. The van der Waals surface area contributed by atoms with Crippen LogP contribution in [0, 0.1) is 6.92 Å². The second-order valence-electron chi connectivity index (χ2n) is 6.98. The highest BCUT2D eigenvalue weighted by molar-refractivity contribution is 8.00. The molecule has 0 aliphatic carbocycles. The van der Waals surface area contributed by atoms with E-state index in [1.165, 1.54) is 23.1 Å². The molecule has 13 heteroatoms. The quantitative estimate of drug-likeness (QED) is 0.544. The summed E-state index contributed by atoms with van der Waals surface area (Å²) in [5.74, 6) is -2.66. The Hall–Kier alpha value is -2.22. The van der Waals surface area contributed by atoms with Crippen molar-refractivity contribution in [3.05, 3.63) is 44.7 Å². The minimum atomic E-state index is -3.84. The van der Waals surface area contributed by atoms with Crippen LogP contribution in [-0.4, -0.2) is 64.1 Å². The van der Waals surface area contributed by atoms with E-state index in [9.17, 15) is 27.9 Å². The number of β-lactam (4-membered cyclic amide) rings is 1. The van der Waals surface area contributed by atoms with Gasteiger partial charge in [-0.2, -0.15) is 0 Å². The monoisotopic (exact) mass is 499 g/mol. The number of thiophene rings is 1. The molecule has 4 heterocycles. The van der Waals surface area contributed by atoms with Gasteiger partial charge in [0.05, 0.1) is 12.2 Å². The van der Waals surface area contributed by atoms with Gasteiger partial charge in [0, 0.05) is 21.7 Å². The zero-order valence-electron chi connectivity index (χ0n) is 16.1. The summed E-state index contributed by atoms with van der Waals surface area (Å²) in [5.41, 5.74) is 0.376. The maximum Gasteiger partial charge on any atom is 0.352 e. The fraction of sp³-hybridized carbons (Fsp3) is 0.333. The Morgan fingerprint density at radius 2 is 2.13 bits per heavy atom. The highest BCUT2D eigenvalue weighted by Gasteiger charge is 2.54. The number of aryl methyl sites for hydroxylation is 1. The number of carboxylic acid groups (broad SMARTS) is 1. The fourth-order valence-corrected chi connectivity index (χ4v) is 8.07. The number of thioether (sulfide) groups is 1. The van der Waals surface area contributed by atoms with Gasteiger partial charge < -0.3 is 10.4 Å². The van der Waals surface area contributed by atoms with Gasteiger partial charge in [-0.15, -0.1) is 34.4 Å². The molecule has 0 saturated carbocycles. The van der Waals surface area contributed by atoms with Gasteiger partial charge in [0.15, 0.2) is 0 Å². The SMILES string of the molecule is Cc1csc(S(=O)(=O)CC2=C(C(=O)O)N3C(=O)[C@@H](NC(=O)Cc4cccs4)[C@H]3SC2)n1. The van der Waals surface area contributed by atoms with E-state index in [2.05, 4.69) is 10.3 Å². The van der Waals surface area contributed by atoms with Crippen LogP contribution in [0.3, 0.4) is 0 Å². The summed E-state index contributed by atoms with van der Waals surface area (Å²) in [7, 11) is -3.84. The Balaban J connectivity index is 1.52. The van der Waals surface area contributed by atoms with Crippen LogP contribution >= 0.6 is 34.4 Å². The van der Waals surface area contributed by atoms with Gasteiger partial charge >= 0.3 is 5.97 Å². The molecule has 2 N–H and O–H groups in total. The number of hydrogen-bond donors (Lipinski definition) is 2. The normalized spacial score (nSPS) is 20.9. The van der Waals surface area contributed by atoms with Crippen LogP contribution in [0.4, 0.5) is 0 Å². The largest absolute Gasteiger partial charge is 0.477 e. The number of nitrogens with one attached hydrogen (secondary N) is 1. The molecule has 4 rings (SSSR count). The van der Waals surface area contributed by atoms with Crippen LogP contribution in [-0.2, 0) is 30.6 Å². The van der Waals surface area contributed by atoms with Crippen molar-refractivity contribution in [1.82, 2.24) is 15.2 Å². The fourth-order valence-electron chi connectivity index (χ4n) is 3.36. The summed E-state index contributed by atoms with van der Waals surface area (Å²) in [6.07, 6.45) is 0.136. The Kier molecular flexibility index (Phi) is 5.94. The highest BCUT2D eigenvalue weighted by Crippen LogP contribution is 2.41. The Morgan fingerprint density at radius 1 is 1.35 bits per heavy atom. The topological polar surface area (TPSA) is 134 Å². The van der Waals surface area contributed by atoms with Gasteiger partial charge in [-0.25, -0.2) is 18.2 Å². The number of fused-ring (bicyclic) bond motifs is 1. The number of carboxylic acids is 1. The van der Waals surface area contributed by atoms with Gasteiger partial charge in [-0.3, -0.25) is 14.5 Å². The van der Waals surface area contributed by atoms with Crippen LogP contribution in [0.15, 0.2) is 38.5 Å². The number of rotatable bonds is 7. The minimum absolute atomic E-state index is 0.0805. The summed E-state index contributed by atoms with van der Waals surface area (Å²) < 4.78 is 25.3. The van der Waals surface area contributed by atoms with E-state index in [4.69, 9.17) is 0 Å². The molecule has 164 valence electrons. The molecule has 9 nitrogen and oxygen atoms in total. The summed E-state index contributed by atoms with van der Waals surface area (Å²) in [4.78, 5) is 42.8. The molecule has 0 radical (unpaired) electrons. The van der Waals surface area contributed by atoms with Crippen molar-refractivity contribution in [3.63, 3.8) is 0 Å². The van der Waals surface area contributed by atoms with Gasteiger partial charge in [0.1, 0.15) is 17.1 Å². The van der Waals surface area contributed by atoms with E-state index in [1.54, 1.807) is 12.3 Å². The van der Waals surface area contributed by atoms with E-state index in [0.29, 0.717) is 5.69 Å². The Bertz CT molecular complexity index is 1180. The first kappa shape index (κ1) is 22.0. The molecule has 2 aromatic rings. The average molecular weight is 500 g/mol. The Labute approximate surface area is 190 Å². The first-order valence-electron chi connectivity index (χ1n) is 9.04. The van der Waals surface area contributed by atoms with Crippen LogP contribution < -0.4 is 5.32 Å². The molecule has 2 aliphatic heterocycles. The van der Waals surface area contributed by atoms with Crippen LogP contribution in [0.25, 0.3) is 0 Å².